The molecule has 1 atom stereocenters. The molecule has 1 aliphatic heterocycles. The molecular formula is C25H24F8N2O4. The third-order valence-corrected chi connectivity index (χ3v) is 5.53. The zero-order valence-corrected chi connectivity index (χ0v) is 20.9. The van der Waals surface area contributed by atoms with Crippen LogP contribution in [0.1, 0.15) is 50.3 Å². The maximum absolute atomic E-state index is 14.6. The fourth-order valence-corrected chi connectivity index (χ4v) is 3.77. The SMILES string of the molecule is CC(C)(C)OC(=O)N1CCCC1C(=O)NCc1cc(F)c(Oc2cc(C(F)(F)F)cc(C(F)(F)F)c2)cc1F. The second-order valence-electron chi connectivity index (χ2n) is 9.77. The first-order chi connectivity index (χ1) is 17.8. The largest absolute Gasteiger partial charge is 0.454 e. The molecule has 39 heavy (non-hydrogen) atoms. The van der Waals surface area contributed by atoms with Crippen molar-refractivity contribution in [3.63, 3.8) is 0 Å². The van der Waals surface area contributed by atoms with Gasteiger partial charge in [0.2, 0.25) is 5.91 Å². The Bertz CT molecular complexity index is 1210. The van der Waals surface area contributed by atoms with Gasteiger partial charge in [-0.2, -0.15) is 26.3 Å². The third kappa shape index (κ3) is 7.73. The summed E-state index contributed by atoms with van der Waals surface area (Å²) in [5, 5.41) is 2.39. The zero-order valence-electron chi connectivity index (χ0n) is 20.9. The molecule has 2 aromatic rings. The normalized spacial score (nSPS) is 16.3. The molecule has 1 unspecified atom stereocenters. The Balaban J connectivity index is 1.75. The van der Waals surface area contributed by atoms with E-state index in [1.165, 1.54) is 4.90 Å². The molecule has 1 heterocycles. The van der Waals surface area contributed by atoms with Crippen LogP contribution in [-0.2, 0) is 28.4 Å². The molecule has 14 heteroatoms. The second kappa shape index (κ2) is 10.9. The molecule has 1 saturated heterocycles. The van der Waals surface area contributed by atoms with E-state index in [9.17, 15) is 44.7 Å². The predicted molar refractivity (Wildman–Crippen MR) is 121 cm³/mol. The fraction of sp³-hybridized carbons (Fsp3) is 0.440. The van der Waals surface area contributed by atoms with Crippen molar-refractivity contribution in [2.45, 2.75) is 64.2 Å². The number of hydrogen-bond donors (Lipinski definition) is 1. The molecule has 3 rings (SSSR count). The summed E-state index contributed by atoms with van der Waals surface area (Å²) >= 11 is 0. The third-order valence-electron chi connectivity index (χ3n) is 5.53. The highest BCUT2D eigenvalue weighted by Crippen LogP contribution is 2.39. The van der Waals surface area contributed by atoms with E-state index in [1.54, 1.807) is 20.8 Å². The van der Waals surface area contributed by atoms with Crippen molar-refractivity contribution in [3.05, 3.63) is 58.7 Å². The first kappa shape index (κ1) is 30.0. The molecule has 0 radical (unpaired) electrons. The number of carbonyl (C=O) groups is 2. The lowest BCUT2D eigenvalue weighted by Crippen LogP contribution is -2.47. The number of nitrogens with zero attached hydrogens (tertiary/aromatic N) is 1. The lowest BCUT2D eigenvalue weighted by atomic mass is 10.1. The molecule has 0 aliphatic carbocycles. The highest BCUT2D eigenvalue weighted by atomic mass is 19.4. The van der Waals surface area contributed by atoms with Crippen LogP contribution in [0, 0.1) is 11.6 Å². The summed E-state index contributed by atoms with van der Waals surface area (Å²) in [6, 6.07) is 0.428. The quantitative estimate of drug-likeness (QED) is 0.403. The van der Waals surface area contributed by atoms with Gasteiger partial charge in [0, 0.05) is 24.7 Å². The van der Waals surface area contributed by atoms with Crippen LogP contribution in [0.2, 0.25) is 0 Å². The van der Waals surface area contributed by atoms with Gasteiger partial charge in [0.05, 0.1) is 11.1 Å². The monoisotopic (exact) mass is 568 g/mol. The number of likely N-dealkylation sites (tertiary alicyclic amines) is 1. The molecule has 0 saturated carbocycles. The summed E-state index contributed by atoms with van der Waals surface area (Å²) in [4.78, 5) is 26.2. The summed E-state index contributed by atoms with van der Waals surface area (Å²) in [6.45, 7) is 4.70. The average Bonchev–Trinajstić information content (AvgIpc) is 3.28. The van der Waals surface area contributed by atoms with Gasteiger partial charge in [-0.3, -0.25) is 9.69 Å². The van der Waals surface area contributed by atoms with E-state index in [1.807, 2.05) is 0 Å². The van der Waals surface area contributed by atoms with Gasteiger partial charge >= 0.3 is 18.4 Å². The van der Waals surface area contributed by atoms with E-state index < -0.39 is 76.8 Å². The molecule has 0 spiro atoms. The number of hydrogen-bond acceptors (Lipinski definition) is 4. The van der Waals surface area contributed by atoms with Crippen LogP contribution in [-0.4, -0.2) is 35.1 Å². The molecule has 0 bridgehead atoms. The van der Waals surface area contributed by atoms with Crippen molar-refractivity contribution < 1.29 is 54.2 Å². The van der Waals surface area contributed by atoms with Gasteiger partial charge in [-0.1, -0.05) is 0 Å². The number of alkyl halides is 6. The highest BCUT2D eigenvalue weighted by Gasteiger charge is 2.38. The van der Waals surface area contributed by atoms with Crippen LogP contribution in [0.15, 0.2) is 30.3 Å². The van der Waals surface area contributed by atoms with Gasteiger partial charge < -0.3 is 14.8 Å². The lowest BCUT2D eigenvalue weighted by molar-refractivity contribution is -0.143. The molecule has 1 N–H and O–H groups in total. The number of nitrogens with one attached hydrogen (secondary N) is 1. The zero-order chi connectivity index (χ0) is 29.3. The summed E-state index contributed by atoms with van der Waals surface area (Å²) in [5.74, 6) is -5.09. The van der Waals surface area contributed by atoms with Crippen LogP contribution in [0.25, 0.3) is 0 Å². The van der Waals surface area contributed by atoms with Crippen molar-refractivity contribution in [1.29, 1.82) is 0 Å². The van der Waals surface area contributed by atoms with Crippen LogP contribution in [0.4, 0.5) is 39.9 Å². The first-order valence-electron chi connectivity index (χ1n) is 11.6. The van der Waals surface area contributed by atoms with Crippen molar-refractivity contribution in [2.24, 2.45) is 0 Å². The Hall–Kier alpha value is -3.58. The molecule has 6 nitrogen and oxygen atoms in total. The number of halogens is 8. The Labute approximate surface area is 217 Å². The average molecular weight is 568 g/mol. The molecule has 2 amide bonds. The van der Waals surface area contributed by atoms with Crippen LogP contribution >= 0.6 is 0 Å². The van der Waals surface area contributed by atoms with E-state index in [0.717, 1.165) is 0 Å². The van der Waals surface area contributed by atoms with Crippen molar-refractivity contribution in [3.8, 4) is 11.5 Å². The number of rotatable bonds is 5. The number of benzene rings is 2. The first-order valence-corrected chi connectivity index (χ1v) is 11.6. The number of carbonyl (C=O) groups excluding carboxylic acids is 2. The minimum Gasteiger partial charge on any atom is -0.454 e. The molecule has 0 aromatic heterocycles. The Morgan fingerprint density at radius 3 is 2.05 bits per heavy atom. The molecule has 1 fully saturated rings. The number of amides is 2. The summed E-state index contributed by atoms with van der Waals surface area (Å²) < 4.78 is 118. The van der Waals surface area contributed by atoms with Gasteiger partial charge in [-0.15, -0.1) is 0 Å². The van der Waals surface area contributed by atoms with Gasteiger partial charge in [-0.25, -0.2) is 13.6 Å². The van der Waals surface area contributed by atoms with Gasteiger partial charge in [0.15, 0.2) is 11.6 Å². The topological polar surface area (TPSA) is 67.9 Å². The Kier molecular flexibility index (Phi) is 8.37. The minimum atomic E-state index is -5.16. The highest BCUT2D eigenvalue weighted by molar-refractivity contribution is 5.86. The van der Waals surface area contributed by atoms with E-state index >= 15 is 0 Å². The Morgan fingerprint density at radius 1 is 0.923 bits per heavy atom. The lowest BCUT2D eigenvalue weighted by Gasteiger charge is -2.28. The summed E-state index contributed by atoms with van der Waals surface area (Å²) in [6.07, 6.45) is -10.2. The predicted octanol–water partition coefficient (Wildman–Crippen LogP) is 6.81. The molecule has 2 aromatic carbocycles. The molecule has 1 aliphatic rings. The van der Waals surface area contributed by atoms with Crippen molar-refractivity contribution in [2.75, 3.05) is 6.54 Å². The number of ether oxygens (including phenoxy) is 2. The van der Waals surface area contributed by atoms with Crippen molar-refractivity contribution >= 4 is 12.0 Å². The van der Waals surface area contributed by atoms with E-state index in [0.29, 0.717) is 25.0 Å². The van der Waals surface area contributed by atoms with E-state index in [-0.39, 0.29) is 30.3 Å². The maximum Gasteiger partial charge on any atom is 0.416 e. The minimum absolute atomic E-state index is 0.135. The summed E-state index contributed by atoms with van der Waals surface area (Å²) in [7, 11) is 0. The van der Waals surface area contributed by atoms with Gasteiger partial charge in [-0.05, 0) is 57.9 Å². The standard InChI is InChI=1S/C25H24F8N2O4/c1-23(2,3)39-22(37)35-6-4-5-19(35)21(36)34-12-13-7-18(27)20(11-17(13)26)38-16-9-14(24(28,29)30)8-15(10-16)25(31,32)33/h7-11,19H,4-6,12H2,1-3H3,(H,34,36). The van der Waals surface area contributed by atoms with Crippen molar-refractivity contribution in [1.82, 2.24) is 10.2 Å². The molecular weight excluding hydrogens is 544 g/mol. The second-order valence-corrected chi connectivity index (χ2v) is 9.77. The summed E-state index contributed by atoms with van der Waals surface area (Å²) in [5.41, 5.74) is -4.57. The smallest absolute Gasteiger partial charge is 0.416 e. The van der Waals surface area contributed by atoms with E-state index in [4.69, 9.17) is 9.47 Å². The fourth-order valence-electron chi connectivity index (χ4n) is 3.77. The van der Waals surface area contributed by atoms with Crippen LogP contribution in [0.3, 0.4) is 0 Å². The molecule has 214 valence electrons. The van der Waals surface area contributed by atoms with Gasteiger partial charge in [0.1, 0.15) is 23.2 Å². The van der Waals surface area contributed by atoms with Crippen LogP contribution in [0.5, 0.6) is 11.5 Å². The van der Waals surface area contributed by atoms with E-state index in [2.05, 4.69) is 5.32 Å². The maximum atomic E-state index is 14.6. The van der Waals surface area contributed by atoms with Crippen LogP contribution < -0.4 is 10.1 Å². The Morgan fingerprint density at radius 2 is 1.51 bits per heavy atom. The van der Waals surface area contributed by atoms with Gasteiger partial charge in [0.25, 0.3) is 0 Å².